The van der Waals surface area contributed by atoms with Crippen LogP contribution < -0.4 is 24.9 Å². The fourth-order valence-corrected chi connectivity index (χ4v) is 9.08. The first-order valence-corrected chi connectivity index (χ1v) is 18.8. The van der Waals surface area contributed by atoms with Crippen LogP contribution in [-0.2, 0) is 25.0 Å². The van der Waals surface area contributed by atoms with Crippen LogP contribution in [0.1, 0.15) is 96.1 Å². The normalized spacial score (nSPS) is 21.3. The van der Waals surface area contributed by atoms with E-state index in [9.17, 15) is 35.8 Å². The third-order valence-corrected chi connectivity index (χ3v) is 11.0. The number of anilines is 1. The first-order chi connectivity index (χ1) is 21.3. The molecule has 5 rings (SSSR count). The van der Waals surface area contributed by atoms with Gasteiger partial charge in [-0.1, -0.05) is 13.3 Å². The number of carboxylic acid groups (broad SMARTS) is 1. The standard InChI is InChI=1S/C32H43N3O9S2/c1-6-7-10-34-26-14-28-24(12-22(26)20(16-31(34,2)3)18-45(38,39)40)33-25-13-23-21(19-46(41,42)43)17-32(4,5)35(11-8-9-30(36)37)27(23)15-29(25)44-28/h12-15,20-21H,6-11,16-19H2,1-5H3,(H2-,36,37,38,39,40,41,42,43)/p-1. The molecule has 3 aliphatic heterocycles. The zero-order valence-electron chi connectivity index (χ0n) is 26.9. The largest absolute Gasteiger partial charge is 0.748 e. The highest BCUT2D eigenvalue weighted by Gasteiger charge is 2.42. The fraction of sp³-hybridized carbons (Fsp3) is 0.594. The monoisotopic (exact) mass is 676 g/mol. The highest BCUT2D eigenvalue weighted by Crippen LogP contribution is 2.49. The van der Waals surface area contributed by atoms with Crippen molar-refractivity contribution in [2.45, 2.75) is 96.1 Å². The third-order valence-electron chi connectivity index (χ3n) is 9.41. The van der Waals surface area contributed by atoms with Gasteiger partial charge in [-0.2, -0.15) is 0 Å². The molecule has 0 amide bonds. The van der Waals surface area contributed by atoms with Crippen LogP contribution in [-0.4, -0.2) is 72.7 Å². The molecule has 2 aromatic carbocycles. The molecule has 0 spiro atoms. The molecule has 3 heterocycles. The number of carbonyl (C=O) groups is 1. The molecule has 0 bridgehead atoms. The second-order valence-corrected chi connectivity index (χ2v) is 16.9. The Morgan fingerprint density at radius 3 is 2.24 bits per heavy atom. The molecule has 0 saturated heterocycles. The highest BCUT2D eigenvalue weighted by molar-refractivity contribution is 7.85. The number of rotatable bonds is 11. The number of ether oxygens (including phenoxy) is 1. The van der Waals surface area contributed by atoms with Crippen LogP contribution in [0.2, 0.25) is 0 Å². The molecule has 2 atom stereocenters. The van der Waals surface area contributed by atoms with Gasteiger partial charge in [0.25, 0.3) is 0 Å². The minimum absolute atomic E-state index is 0.0327. The average molecular weight is 677 g/mol. The minimum atomic E-state index is -4.57. The lowest BCUT2D eigenvalue weighted by atomic mass is 9.79. The first kappa shape index (κ1) is 34.3. The topological polar surface area (TPSA) is 180 Å². The Labute approximate surface area is 270 Å². The quantitative estimate of drug-likeness (QED) is 0.234. The summed E-state index contributed by atoms with van der Waals surface area (Å²) in [5, 5.41) is 10.3. The lowest BCUT2D eigenvalue weighted by molar-refractivity contribution is -0.137. The van der Waals surface area contributed by atoms with Crippen LogP contribution in [0, 0.1) is 0 Å². The number of unbranched alkanes of at least 4 members (excludes halogenated alkanes) is 1. The third kappa shape index (κ3) is 7.24. The molecule has 2 aromatic rings. The van der Waals surface area contributed by atoms with Gasteiger partial charge in [-0.15, -0.1) is 0 Å². The molecule has 2 unspecified atom stereocenters. The molecule has 252 valence electrons. The molecule has 12 nitrogen and oxygen atoms in total. The second kappa shape index (κ2) is 12.2. The summed E-state index contributed by atoms with van der Waals surface area (Å²) in [6.45, 7) is 11.2. The Morgan fingerprint density at radius 2 is 1.63 bits per heavy atom. The number of hydrogen-bond donors (Lipinski definition) is 1. The van der Waals surface area contributed by atoms with E-state index in [2.05, 4.69) is 11.8 Å². The Hall–Kier alpha value is -3.07. The summed E-state index contributed by atoms with van der Waals surface area (Å²) in [6, 6.07) is 7.17. The predicted octanol–water partition coefficient (Wildman–Crippen LogP) is 3.33. The molecular weight excluding hydrogens is 634 g/mol. The molecule has 0 aliphatic carbocycles. The maximum atomic E-state index is 12.0. The van der Waals surface area contributed by atoms with Gasteiger partial charge in [0, 0.05) is 65.6 Å². The summed E-state index contributed by atoms with van der Waals surface area (Å²) < 4.78 is 80.2. The van der Waals surface area contributed by atoms with Crippen LogP contribution in [0.25, 0.3) is 0 Å². The van der Waals surface area contributed by atoms with E-state index >= 15 is 0 Å². The maximum absolute atomic E-state index is 12.0. The maximum Gasteiger partial charge on any atom is 0.303 e. The fourth-order valence-electron chi connectivity index (χ4n) is 7.50. The Bertz CT molecular complexity index is 1900. The van der Waals surface area contributed by atoms with E-state index in [-0.39, 0.29) is 6.42 Å². The summed E-state index contributed by atoms with van der Waals surface area (Å²) >= 11 is 0. The molecule has 14 heteroatoms. The van der Waals surface area contributed by atoms with Gasteiger partial charge in [0.15, 0.2) is 17.0 Å². The van der Waals surface area contributed by atoms with Crippen LogP contribution in [0.4, 0.5) is 11.4 Å². The van der Waals surface area contributed by atoms with Gasteiger partial charge in [0.2, 0.25) is 5.36 Å². The second-order valence-electron chi connectivity index (χ2n) is 14.0. The first-order valence-electron chi connectivity index (χ1n) is 15.7. The van der Waals surface area contributed by atoms with Crippen molar-refractivity contribution in [1.82, 2.24) is 4.58 Å². The number of fused-ring (bicyclic) bond motifs is 4. The zero-order valence-corrected chi connectivity index (χ0v) is 28.5. The van der Waals surface area contributed by atoms with Crippen molar-refractivity contribution in [2.75, 3.05) is 29.5 Å². The summed E-state index contributed by atoms with van der Waals surface area (Å²) in [4.78, 5) is 18.4. The van der Waals surface area contributed by atoms with Crippen LogP contribution >= 0.6 is 0 Å². The van der Waals surface area contributed by atoms with E-state index in [1.807, 2.05) is 38.3 Å². The smallest absolute Gasteiger partial charge is 0.303 e. The molecule has 1 N–H and O–H groups in total. The number of nitrogens with zero attached hydrogens (tertiary/aromatic N) is 3. The highest BCUT2D eigenvalue weighted by atomic mass is 32.2. The van der Waals surface area contributed by atoms with E-state index in [0.717, 1.165) is 25.1 Å². The number of carboxylic acids is 1. The molecule has 46 heavy (non-hydrogen) atoms. The number of aliphatic carboxylic acids is 1. The van der Waals surface area contributed by atoms with Gasteiger partial charge in [-0.25, -0.2) is 26.4 Å². The minimum Gasteiger partial charge on any atom is -0.748 e. The van der Waals surface area contributed by atoms with Crippen LogP contribution in [0.15, 0.2) is 29.3 Å². The van der Waals surface area contributed by atoms with E-state index in [4.69, 9.17) is 9.73 Å². The van der Waals surface area contributed by atoms with Gasteiger partial charge < -0.3 is 23.8 Å². The average Bonchev–Trinajstić information content (AvgIpc) is 2.89. The van der Waals surface area contributed by atoms with Crippen LogP contribution in [0.3, 0.4) is 0 Å². The van der Waals surface area contributed by atoms with Crippen molar-refractivity contribution in [1.29, 1.82) is 0 Å². The molecule has 0 radical (unpaired) electrons. The number of benzene rings is 2. The summed E-state index contributed by atoms with van der Waals surface area (Å²) in [5.41, 5.74) is 1.57. The van der Waals surface area contributed by atoms with E-state index < -0.39 is 60.6 Å². The summed E-state index contributed by atoms with van der Waals surface area (Å²) in [6.07, 6.45) is 3.03. The Kier molecular flexibility index (Phi) is 9.08. The van der Waals surface area contributed by atoms with Gasteiger partial charge in [-0.05, 0) is 58.2 Å². The summed E-state index contributed by atoms with van der Waals surface area (Å²) in [5.74, 6) is -2.31. The van der Waals surface area contributed by atoms with Crippen molar-refractivity contribution in [3.8, 4) is 11.5 Å². The SMILES string of the molecule is CCCCN1c2cc3c(cc2C(CS(=O)(=O)[O-])CC1(C)C)N=c1cc2c(cc1O3)=[N+](CCCC(=O)O)C(C)(C)CC2CS(=O)(=O)[O-]. The molecule has 0 fully saturated rings. The lowest BCUT2D eigenvalue weighted by Crippen LogP contribution is -2.54. The van der Waals surface area contributed by atoms with E-state index in [1.54, 1.807) is 18.2 Å². The van der Waals surface area contributed by atoms with E-state index in [1.165, 1.54) is 0 Å². The molecule has 0 aromatic heterocycles. The lowest BCUT2D eigenvalue weighted by Gasteiger charge is -2.48. The molecule has 3 aliphatic rings. The predicted molar refractivity (Wildman–Crippen MR) is 171 cm³/mol. The summed E-state index contributed by atoms with van der Waals surface area (Å²) in [7, 11) is -9.09. The zero-order chi connectivity index (χ0) is 33.8. The van der Waals surface area contributed by atoms with Gasteiger partial charge in [0.1, 0.15) is 17.6 Å². The number of hydrogen-bond acceptors (Lipinski definition) is 10. The van der Waals surface area contributed by atoms with Crippen molar-refractivity contribution >= 4 is 37.6 Å². The molecule has 0 saturated carbocycles. The van der Waals surface area contributed by atoms with Crippen molar-refractivity contribution in [3.05, 3.63) is 46.1 Å². The van der Waals surface area contributed by atoms with Gasteiger partial charge in [-0.3, -0.25) is 4.79 Å². The molecular formula is C32H42N3O9S2-. The van der Waals surface area contributed by atoms with Crippen LogP contribution in [0.5, 0.6) is 11.5 Å². The van der Waals surface area contributed by atoms with Gasteiger partial charge >= 0.3 is 5.97 Å². The van der Waals surface area contributed by atoms with E-state index in [0.29, 0.717) is 64.8 Å². The van der Waals surface area contributed by atoms with Gasteiger partial charge in [0.05, 0.1) is 32.7 Å². The Morgan fingerprint density at radius 1 is 0.978 bits per heavy atom. The Balaban J connectivity index is 1.70. The van der Waals surface area contributed by atoms with Crippen molar-refractivity contribution in [3.63, 3.8) is 0 Å². The van der Waals surface area contributed by atoms with Crippen molar-refractivity contribution in [2.24, 2.45) is 4.99 Å². The van der Waals surface area contributed by atoms with Crippen molar-refractivity contribution < 1.29 is 40.6 Å².